The fraction of sp³-hybridized carbons (Fsp3) is 0.300. The maximum Gasteiger partial charge on any atom is 0.0994 e. The van der Waals surface area contributed by atoms with Crippen LogP contribution in [0.5, 0.6) is 0 Å². The van der Waals surface area contributed by atoms with Gasteiger partial charge in [-0.25, -0.2) is 0 Å². The fourth-order valence-corrected chi connectivity index (χ4v) is 3.58. The summed E-state index contributed by atoms with van der Waals surface area (Å²) in [6.45, 7) is 0. The lowest BCUT2D eigenvalue weighted by molar-refractivity contribution is 0.713. The summed E-state index contributed by atoms with van der Waals surface area (Å²) >= 11 is 0. The van der Waals surface area contributed by atoms with Crippen LogP contribution in [0.15, 0.2) is 36.4 Å². The molecule has 4 N–H and O–H groups in total. The molecule has 4 heteroatoms. The minimum Gasteiger partial charge on any atom is -0.324 e. The molecule has 2 aliphatic rings. The Balaban J connectivity index is 0.000000141. The van der Waals surface area contributed by atoms with Crippen LogP contribution in [0.2, 0.25) is 0 Å². The summed E-state index contributed by atoms with van der Waals surface area (Å²) in [7, 11) is 0. The molecule has 0 bridgehead atoms. The zero-order chi connectivity index (χ0) is 17.1. The van der Waals surface area contributed by atoms with Gasteiger partial charge in [0.2, 0.25) is 0 Å². The van der Waals surface area contributed by atoms with E-state index in [9.17, 15) is 0 Å². The monoisotopic (exact) mass is 316 g/mol. The molecule has 0 aromatic heterocycles. The molecular formula is C20H20N4. The number of nitrogens with zero attached hydrogens (tertiary/aromatic N) is 2. The second-order valence-electron chi connectivity index (χ2n) is 6.26. The summed E-state index contributed by atoms with van der Waals surface area (Å²) < 4.78 is 0. The first-order valence-corrected chi connectivity index (χ1v) is 8.20. The van der Waals surface area contributed by atoms with Crippen LogP contribution in [0.1, 0.15) is 58.3 Å². The molecule has 120 valence electrons. The Kier molecular flexibility index (Phi) is 4.62. The molecule has 2 aromatic rings. The second kappa shape index (κ2) is 6.84. The van der Waals surface area contributed by atoms with Crippen LogP contribution < -0.4 is 11.5 Å². The normalized spacial score (nSPS) is 20.2. The number of hydrogen-bond acceptors (Lipinski definition) is 4. The van der Waals surface area contributed by atoms with Crippen LogP contribution in [0, 0.1) is 22.7 Å². The van der Waals surface area contributed by atoms with Gasteiger partial charge in [0.25, 0.3) is 0 Å². The number of rotatable bonds is 0. The lowest BCUT2D eigenvalue weighted by atomic mass is 10.0. The zero-order valence-corrected chi connectivity index (χ0v) is 13.5. The smallest absolute Gasteiger partial charge is 0.0994 e. The lowest BCUT2D eigenvalue weighted by Crippen LogP contribution is -2.04. The average Bonchev–Trinajstić information content (AvgIpc) is 3.19. The molecule has 0 spiro atoms. The molecule has 0 saturated heterocycles. The standard InChI is InChI=1S/2C10H10N2/c2*11-6-7-2-1-3-9-8(7)4-5-10(9)12/h2*1-3,10H,4-5,12H2. The van der Waals surface area contributed by atoms with E-state index in [1.807, 2.05) is 36.4 Å². The van der Waals surface area contributed by atoms with E-state index >= 15 is 0 Å². The molecule has 2 unspecified atom stereocenters. The van der Waals surface area contributed by atoms with Crippen molar-refractivity contribution in [3.8, 4) is 12.1 Å². The molecule has 2 aliphatic carbocycles. The first kappa shape index (κ1) is 16.2. The maximum atomic E-state index is 8.80. The third kappa shape index (κ3) is 2.90. The molecule has 0 saturated carbocycles. The van der Waals surface area contributed by atoms with E-state index in [-0.39, 0.29) is 12.1 Å². The summed E-state index contributed by atoms with van der Waals surface area (Å²) in [6.07, 6.45) is 3.88. The van der Waals surface area contributed by atoms with Gasteiger partial charge in [-0.2, -0.15) is 10.5 Å². The van der Waals surface area contributed by atoms with Crippen LogP contribution in [-0.4, -0.2) is 0 Å². The first-order valence-electron chi connectivity index (χ1n) is 8.20. The maximum absolute atomic E-state index is 8.80. The van der Waals surface area contributed by atoms with Crippen LogP contribution in [0.4, 0.5) is 0 Å². The number of hydrogen-bond donors (Lipinski definition) is 2. The Bertz CT molecular complexity index is 770. The minimum atomic E-state index is 0.147. The van der Waals surface area contributed by atoms with Gasteiger partial charge in [0.1, 0.15) is 0 Å². The summed E-state index contributed by atoms with van der Waals surface area (Å²) in [5.74, 6) is 0. The summed E-state index contributed by atoms with van der Waals surface area (Å²) in [5.41, 5.74) is 17.9. The summed E-state index contributed by atoms with van der Waals surface area (Å²) in [4.78, 5) is 0. The largest absolute Gasteiger partial charge is 0.324 e. The number of benzene rings is 2. The fourth-order valence-electron chi connectivity index (χ4n) is 3.58. The van der Waals surface area contributed by atoms with Crippen molar-refractivity contribution in [1.29, 1.82) is 10.5 Å². The van der Waals surface area contributed by atoms with E-state index in [1.54, 1.807) is 0 Å². The highest BCUT2D eigenvalue weighted by Gasteiger charge is 2.21. The Morgan fingerprint density at radius 1 is 0.750 bits per heavy atom. The Labute approximate surface area is 142 Å². The Morgan fingerprint density at radius 2 is 1.17 bits per heavy atom. The quantitative estimate of drug-likeness (QED) is 0.780. The molecule has 4 nitrogen and oxygen atoms in total. The number of fused-ring (bicyclic) bond motifs is 2. The minimum absolute atomic E-state index is 0.147. The van der Waals surface area contributed by atoms with Crippen molar-refractivity contribution in [2.24, 2.45) is 11.5 Å². The van der Waals surface area contributed by atoms with Gasteiger partial charge in [0.05, 0.1) is 23.3 Å². The highest BCUT2D eigenvalue weighted by atomic mass is 14.6. The van der Waals surface area contributed by atoms with Gasteiger partial charge in [0.15, 0.2) is 0 Å². The van der Waals surface area contributed by atoms with Crippen molar-refractivity contribution >= 4 is 0 Å². The lowest BCUT2D eigenvalue weighted by Gasteiger charge is -2.03. The topological polar surface area (TPSA) is 99.6 Å². The van der Waals surface area contributed by atoms with Gasteiger partial charge in [0, 0.05) is 12.1 Å². The van der Waals surface area contributed by atoms with E-state index < -0.39 is 0 Å². The molecule has 0 aliphatic heterocycles. The van der Waals surface area contributed by atoms with Crippen molar-refractivity contribution in [3.05, 3.63) is 69.8 Å². The van der Waals surface area contributed by atoms with Gasteiger partial charge in [-0.05, 0) is 60.1 Å². The number of nitrogens with two attached hydrogens (primary N) is 2. The summed E-state index contributed by atoms with van der Waals surface area (Å²) in [5, 5.41) is 17.6. The second-order valence-corrected chi connectivity index (χ2v) is 6.26. The molecule has 2 aromatic carbocycles. The van der Waals surface area contributed by atoms with Crippen LogP contribution in [-0.2, 0) is 12.8 Å². The Hall–Kier alpha value is -2.66. The number of nitriles is 2. The molecule has 0 amide bonds. The van der Waals surface area contributed by atoms with Gasteiger partial charge in [-0.15, -0.1) is 0 Å². The van der Waals surface area contributed by atoms with Crippen molar-refractivity contribution < 1.29 is 0 Å². The van der Waals surface area contributed by atoms with Crippen LogP contribution in [0.25, 0.3) is 0 Å². The molecular weight excluding hydrogens is 296 g/mol. The average molecular weight is 316 g/mol. The molecule has 4 rings (SSSR count). The van der Waals surface area contributed by atoms with Gasteiger partial charge >= 0.3 is 0 Å². The Morgan fingerprint density at radius 3 is 1.54 bits per heavy atom. The van der Waals surface area contributed by atoms with Crippen molar-refractivity contribution in [3.63, 3.8) is 0 Å². The van der Waals surface area contributed by atoms with Crippen molar-refractivity contribution in [2.45, 2.75) is 37.8 Å². The third-order valence-electron chi connectivity index (χ3n) is 4.88. The highest BCUT2D eigenvalue weighted by Crippen LogP contribution is 2.31. The molecule has 0 heterocycles. The molecule has 24 heavy (non-hydrogen) atoms. The van der Waals surface area contributed by atoms with E-state index in [1.165, 1.54) is 0 Å². The third-order valence-corrected chi connectivity index (χ3v) is 4.88. The highest BCUT2D eigenvalue weighted by molar-refractivity contribution is 5.47. The van der Waals surface area contributed by atoms with Crippen molar-refractivity contribution in [2.75, 3.05) is 0 Å². The zero-order valence-electron chi connectivity index (χ0n) is 13.5. The predicted octanol–water partition coefficient (Wildman–Crippen LogP) is 3.01. The summed E-state index contributed by atoms with van der Waals surface area (Å²) in [6, 6.07) is 16.2. The van der Waals surface area contributed by atoms with E-state index in [2.05, 4.69) is 12.1 Å². The van der Waals surface area contributed by atoms with Crippen LogP contribution >= 0.6 is 0 Å². The van der Waals surface area contributed by atoms with E-state index in [4.69, 9.17) is 22.0 Å². The molecule has 0 fully saturated rings. The van der Waals surface area contributed by atoms with Crippen LogP contribution in [0.3, 0.4) is 0 Å². The van der Waals surface area contributed by atoms with Gasteiger partial charge in [-0.1, -0.05) is 24.3 Å². The SMILES string of the molecule is N#Cc1cccc2c1CCC2N.N#Cc1cccc2c1CCC2N. The predicted molar refractivity (Wildman–Crippen MR) is 92.8 cm³/mol. The van der Waals surface area contributed by atoms with Crippen molar-refractivity contribution in [1.82, 2.24) is 0 Å². The van der Waals surface area contributed by atoms with E-state index in [0.717, 1.165) is 59.1 Å². The first-order chi connectivity index (χ1) is 11.7. The van der Waals surface area contributed by atoms with Gasteiger partial charge in [-0.3, -0.25) is 0 Å². The van der Waals surface area contributed by atoms with Gasteiger partial charge < -0.3 is 11.5 Å². The van der Waals surface area contributed by atoms with E-state index in [0.29, 0.717) is 0 Å². The molecule has 2 atom stereocenters. The molecule has 0 radical (unpaired) electrons.